The second kappa shape index (κ2) is 7.46. The number of hydrogen-bond donors (Lipinski definition) is 1. The van der Waals surface area contributed by atoms with Crippen LogP contribution in [-0.4, -0.2) is 26.9 Å². The quantitative estimate of drug-likeness (QED) is 0.825. The molecule has 0 heterocycles. The average molecular weight is 269 g/mol. The maximum atomic E-state index is 13.5. The van der Waals surface area contributed by atoms with Crippen molar-refractivity contribution in [2.45, 2.75) is 32.9 Å². The monoisotopic (exact) mass is 269 g/mol. The van der Waals surface area contributed by atoms with Crippen LogP contribution in [-0.2, 0) is 4.74 Å². The summed E-state index contributed by atoms with van der Waals surface area (Å²) < 4.78 is 24.4. The molecule has 3 nitrogen and oxygen atoms in total. The molecule has 1 aromatic carbocycles. The highest BCUT2D eigenvalue weighted by Gasteiger charge is 2.28. The minimum atomic E-state index is -0.266. The molecule has 19 heavy (non-hydrogen) atoms. The second-order valence-corrected chi connectivity index (χ2v) is 4.87. The molecule has 0 aliphatic heterocycles. The van der Waals surface area contributed by atoms with Crippen LogP contribution < -0.4 is 10.1 Å². The summed E-state index contributed by atoms with van der Waals surface area (Å²) >= 11 is 0. The molecule has 1 N–H and O–H groups in total. The van der Waals surface area contributed by atoms with Crippen LogP contribution in [0.3, 0.4) is 0 Å². The fourth-order valence-corrected chi connectivity index (χ4v) is 2.36. The molecule has 0 spiro atoms. The normalized spacial score (nSPS) is 14.5. The van der Waals surface area contributed by atoms with Crippen molar-refractivity contribution in [2.75, 3.05) is 20.8 Å². The molecular formula is C15H24FNO2. The van der Waals surface area contributed by atoms with Crippen LogP contribution in [0, 0.1) is 11.7 Å². The minimum absolute atomic E-state index is 0.0457. The zero-order valence-corrected chi connectivity index (χ0v) is 12.4. The Balaban J connectivity index is 3.20. The lowest BCUT2D eigenvalue weighted by atomic mass is 9.92. The summed E-state index contributed by atoms with van der Waals surface area (Å²) in [4.78, 5) is 0. The summed E-state index contributed by atoms with van der Waals surface area (Å²) in [6.45, 7) is 6.97. The fourth-order valence-electron chi connectivity index (χ4n) is 2.36. The van der Waals surface area contributed by atoms with Gasteiger partial charge in [0, 0.05) is 12.7 Å². The van der Waals surface area contributed by atoms with Crippen molar-refractivity contribution in [3.8, 4) is 5.75 Å². The molecule has 0 radical (unpaired) electrons. The van der Waals surface area contributed by atoms with E-state index in [1.54, 1.807) is 20.3 Å². The van der Waals surface area contributed by atoms with Gasteiger partial charge in [-0.1, -0.05) is 20.8 Å². The van der Waals surface area contributed by atoms with Crippen molar-refractivity contribution in [1.29, 1.82) is 0 Å². The van der Waals surface area contributed by atoms with Gasteiger partial charge in [-0.15, -0.1) is 0 Å². The highest BCUT2D eigenvalue weighted by atomic mass is 19.1. The number of ether oxygens (including phenoxy) is 2. The molecule has 2 unspecified atom stereocenters. The molecule has 0 aliphatic rings. The van der Waals surface area contributed by atoms with Crippen LogP contribution in [0.1, 0.15) is 32.4 Å². The Morgan fingerprint density at radius 2 is 1.95 bits per heavy atom. The van der Waals surface area contributed by atoms with Crippen molar-refractivity contribution in [3.63, 3.8) is 0 Å². The lowest BCUT2D eigenvalue weighted by molar-refractivity contribution is 0.0323. The Hall–Kier alpha value is -1.13. The first-order valence-corrected chi connectivity index (χ1v) is 6.64. The van der Waals surface area contributed by atoms with E-state index in [1.165, 1.54) is 12.1 Å². The number of hydrogen-bond acceptors (Lipinski definition) is 3. The predicted molar refractivity (Wildman–Crippen MR) is 75.0 cm³/mol. The van der Waals surface area contributed by atoms with Gasteiger partial charge in [-0.05, 0) is 30.7 Å². The summed E-state index contributed by atoms with van der Waals surface area (Å²) in [7, 11) is 3.28. The Labute approximate surface area is 115 Å². The van der Waals surface area contributed by atoms with E-state index in [9.17, 15) is 4.39 Å². The maximum Gasteiger partial charge on any atom is 0.123 e. The van der Waals surface area contributed by atoms with E-state index in [0.717, 1.165) is 12.1 Å². The molecule has 1 aromatic rings. The van der Waals surface area contributed by atoms with Gasteiger partial charge < -0.3 is 14.8 Å². The van der Waals surface area contributed by atoms with Gasteiger partial charge in [0.05, 0.1) is 19.3 Å². The third kappa shape index (κ3) is 3.91. The molecule has 0 aliphatic carbocycles. The molecular weight excluding hydrogens is 245 g/mol. The summed E-state index contributed by atoms with van der Waals surface area (Å²) in [5.74, 6) is 0.717. The summed E-state index contributed by atoms with van der Waals surface area (Å²) in [6.07, 6.45) is -0.0457. The van der Waals surface area contributed by atoms with Crippen molar-refractivity contribution in [3.05, 3.63) is 29.6 Å². The smallest absolute Gasteiger partial charge is 0.123 e. The fraction of sp³-hybridized carbons (Fsp3) is 0.600. The van der Waals surface area contributed by atoms with E-state index in [4.69, 9.17) is 9.47 Å². The standard InChI is InChI=1S/C15H24FNO2/c1-6-17-14(15(19-5)10(2)3)12-9-11(16)7-8-13(12)18-4/h7-10,14-15,17H,6H2,1-5H3. The SMILES string of the molecule is CCNC(c1cc(F)ccc1OC)C(OC)C(C)C. The van der Waals surface area contributed by atoms with Gasteiger partial charge in [-0.25, -0.2) is 4.39 Å². The Morgan fingerprint density at radius 3 is 2.42 bits per heavy atom. The average Bonchev–Trinajstić information content (AvgIpc) is 2.38. The largest absolute Gasteiger partial charge is 0.496 e. The number of halogens is 1. The predicted octanol–water partition coefficient (Wildman–Crippen LogP) is 3.16. The summed E-state index contributed by atoms with van der Waals surface area (Å²) in [5.41, 5.74) is 0.796. The van der Waals surface area contributed by atoms with E-state index in [0.29, 0.717) is 11.7 Å². The van der Waals surface area contributed by atoms with Gasteiger partial charge in [-0.2, -0.15) is 0 Å². The Morgan fingerprint density at radius 1 is 1.26 bits per heavy atom. The minimum Gasteiger partial charge on any atom is -0.496 e. The summed E-state index contributed by atoms with van der Waals surface area (Å²) in [5, 5.41) is 3.36. The van der Waals surface area contributed by atoms with Gasteiger partial charge in [0.1, 0.15) is 11.6 Å². The lowest BCUT2D eigenvalue weighted by Crippen LogP contribution is -2.36. The van der Waals surface area contributed by atoms with Crippen molar-refractivity contribution < 1.29 is 13.9 Å². The van der Waals surface area contributed by atoms with Crippen LogP contribution in [0.25, 0.3) is 0 Å². The van der Waals surface area contributed by atoms with E-state index in [1.807, 2.05) is 6.92 Å². The number of nitrogens with one attached hydrogen (secondary N) is 1. The third-order valence-electron chi connectivity index (χ3n) is 3.21. The lowest BCUT2D eigenvalue weighted by Gasteiger charge is -2.31. The van der Waals surface area contributed by atoms with E-state index >= 15 is 0 Å². The first-order chi connectivity index (χ1) is 9.04. The van der Waals surface area contributed by atoms with Gasteiger partial charge in [0.2, 0.25) is 0 Å². The molecule has 108 valence electrons. The van der Waals surface area contributed by atoms with Crippen LogP contribution in [0.5, 0.6) is 5.75 Å². The van der Waals surface area contributed by atoms with E-state index in [-0.39, 0.29) is 18.0 Å². The zero-order valence-electron chi connectivity index (χ0n) is 12.4. The van der Waals surface area contributed by atoms with Gasteiger partial charge >= 0.3 is 0 Å². The highest BCUT2D eigenvalue weighted by Crippen LogP contribution is 2.31. The first kappa shape index (κ1) is 15.9. The van der Waals surface area contributed by atoms with Crippen LogP contribution in [0.2, 0.25) is 0 Å². The Kier molecular flexibility index (Phi) is 6.25. The first-order valence-electron chi connectivity index (χ1n) is 6.64. The molecule has 0 saturated carbocycles. The van der Waals surface area contributed by atoms with Gasteiger partial charge in [-0.3, -0.25) is 0 Å². The molecule has 0 aromatic heterocycles. The third-order valence-corrected chi connectivity index (χ3v) is 3.21. The van der Waals surface area contributed by atoms with Crippen LogP contribution >= 0.6 is 0 Å². The van der Waals surface area contributed by atoms with E-state index < -0.39 is 0 Å². The molecule has 0 fully saturated rings. The molecule has 0 bridgehead atoms. The molecule has 2 atom stereocenters. The molecule has 4 heteroatoms. The van der Waals surface area contributed by atoms with Crippen molar-refractivity contribution >= 4 is 0 Å². The zero-order chi connectivity index (χ0) is 14.4. The van der Waals surface area contributed by atoms with Crippen molar-refractivity contribution in [2.24, 2.45) is 5.92 Å². The number of likely N-dealkylation sites (N-methyl/N-ethyl adjacent to an activating group) is 1. The molecule has 1 rings (SSSR count). The topological polar surface area (TPSA) is 30.5 Å². The van der Waals surface area contributed by atoms with Gasteiger partial charge in [0.15, 0.2) is 0 Å². The highest BCUT2D eigenvalue weighted by molar-refractivity contribution is 5.37. The van der Waals surface area contributed by atoms with Crippen molar-refractivity contribution in [1.82, 2.24) is 5.32 Å². The second-order valence-electron chi connectivity index (χ2n) is 4.87. The van der Waals surface area contributed by atoms with E-state index in [2.05, 4.69) is 19.2 Å². The number of rotatable bonds is 7. The van der Waals surface area contributed by atoms with Crippen LogP contribution in [0.4, 0.5) is 4.39 Å². The summed E-state index contributed by atoms with van der Waals surface area (Å²) in [6, 6.07) is 4.48. The van der Waals surface area contributed by atoms with Crippen LogP contribution in [0.15, 0.2) is 18.2 Å². The Bertz CT molecular complexity index is 396. The maximum absolute atomic E-state index is 13.5. The molecule has 0 saturated heterocycles. The number of methoxy groups -OCH3 is 2. The molecule has 0 amide bonds. The van der Waals surface area contributed by atoms with Gasteiger partial charge in [0.25, 0.3) is 0 Å². The number of benzene rings is 1.